The Labute approximate surface area is 116 Å². The highest BCUT2D eigenvalue weighted by Crippen LogP contribution is 2.40. The molecule has 0 aliphatic carbocycles. The number of hydrogen-bond donors (Lipinski definition) is 1. The third-order valence-corrected chi connectivity index (χ3v) is 4.00. The fraction of sp³-hybridized carbons (Fsp3) is 0. The number of halogens is 1. The van der Waals surface area contributed by atoms with Crippen molar-refractivity contribution in [1.29, 1.82) is 0 Å². The van der Waals surface area contributed by atoms with Crippen LogP contribution in [-0.2, 0) is 0 Å². The van der Waals surface area contributed by atoms with Crippen molar-refractivity contribution < 1.29 is 4.52 Å². The molecule has 0 unspecified atom stereocenters. The molecule has 3 rings (SSSR count). The molecule has 0 aliphatic rings. The molecule has 2 aromatic heterocycles. The number of nitrogens with two attached hydrogens (primary N) is 1. The van der Waals surface area contributed by atoms with Gasteiger partial charge in [-0.15, -0.1) is 11.3 Å². The Hall–Kier alpha value is -1.66. The van der Waals surface area contributed by atoms with E-state index in [1.165, 1.54) is 11.3 Å². The Morgan fingerprint density at radius 2 is 2.11 bits per heavy atom. The molecule has 0 bridgehead atoms. The van der Waals surface area contributed by atoms with Gasteiger partial charge in [-0.25, -0.2) is 0 Å². The molecule has 2 N–H and O–H groups in total. The number of hydrogen-bond acceptors (Lipinski definition) is 5. The number of thiazole rings is 1. The molecule has 3 aromatic rings. The predicted molar refractivity (Wildman–Crippen MR) is 75.2 cm³/mol. The van der Waals surface area contributed by atoms with Gasteiger partial charge in [-0.2, -0.15) is 0 Å². The lowest BCUT2D eigenvalue weighted by Crippen LogP contribution is -1.87. The summed E-state index contributed by atoms with van der Waals surface area (Å²) in [4.78, 5) is 4.98. The molecule has 4 nitrogen and oxygen atoms in total. The van der Waals surface area contributed by atoms with Crippen molar-refractivity contribution in [3.8, 4) is 21.7 Å². The van der Waals surface area contributed by atoms with E-state index in [9.17, 15) is 0 Å². The van der Waals surface area contributed by atoms with E-state index in [1.54, 1.807) is 11.7 Å². The smallest absolute Gasteiger partial charge is 0.230 e. The van der Waals surface area contributed by atoms with Crippen LogP contribution in [-0.4, -0.2) is 10.1 Å². The second-order valence-electron chi connectivity index (χ2n) is 3.62. The van der Waals surface area contributed by atoms with Gasteiger partial charge in [0, 0.05) is 16.2 Å². The van der Waals surface area contributed by atoms with Crippen molar-refractivity contribution >= 4 is 33.2 Å². The van der Waals surface area contributed by atoms with Gasteiger partial charge in [0.1, 0.15) is 5.69 Å². The van der Waals surface area contributed by atoms with Crippen molar-refractivity contribution in [2.75, 3.05) is 5.73 Å². The summed E-state index contributed by atoms with van der Waals surface area (Å²) in [6.45, 7) is 0. The second-order valence-corrected chi connectivity index (χ2v) is 5.36. The molecular formula is C12H8BrN3OS. The quantitative estimate of drug-likeness (QED) is 0.779. The zero-order chi connectivity index (χ0) is 12.5. The molecule has 90 valence electrons. The van der Waals surface area contributed by atoms with Crippen LogP contribution in [0.1, 0.15) is 0 Å². The van der Waals surface area contributed by atoms with Crippen LogP contribution in [0.3, 0.4) is 0 Å². The van der Waals surface area contributed by atoms with Gasteiger partial charge in [-0.1, -0.05) is 39.3 Å². The lowest BCUT2D eigenvalue weighted by atomic mass is 10.1. The van der Waals surface area contributed by atoms with Crippen molar-refractivity contribution in [2.45, 2.75) is 0 Å². The minimum atomic E-state index is 0.310. The average Bonchev–Trinajstić information content (AvgIpc) is 2.99. The number of anilines is 1. The minimum absolute atomic E-state index is 0.310. The van der Waals surface area contributed by atoms with Gasteiger partial charge in [-0.05, 0) is 6.07 Å². The van der Waals surface area contributed by atoms with Gasteiger partial charge in [0.15, 0.2) is 0 Å². The Kier molecular flexibility index (Phi) is 2.89. The zero-order valence-corrected chi connectivity index (χ0v) is 11.5. The first-order valence-electron chi connectivity index (χ1n) is 5.16. The average molecular weight is 322 g/mol. The molecule has 0 saturated heterocycles. The highest BCUT2D eigenvalue weighted by atomic mass is 79.9. The summed E-state index contributed by atoms with van der Waals surface area (Å²) in [5.74, 6) is 0.310. The van der Waals surface area contributed by atoms with Gasteiger partial charge in [0.05, 0.1) is 16.0 Å². The van der Waals surface area contributed by atoms with E-state index >= 15 is 0 Å². The van der Waals surface area contributed by atoms with E-state index in [2.05, 4.69) is 26.1 Å². The van der Waals surface area contributed by atoms with Gasteiger partial charge in [-0.3, -0.25) is 4.98 Å². The fourth-order valence-corrected chi connectivity index (χ4v) is 2.82. The van der Waals surface area contributed by atoms with Gasteiger partial charge in [0.2, 0.25) is 5.88 Å². The number of benzene rings is 1. The molecule has 0 fully saturated rings. The fourth-order valence-electron chi connectivity index (χ4n) is 1.73. The Bertz CT molecular complexity index is 678. The largest absolute Gasteiger partial charge is 0.367 e. The van der Waals surface area contributed by atoms with Crippen molar-refractivity contribution in [3.05, 3.63) is 40.4 Å². The van der Waals surface area contributed by atoms with Crippen molar-refractivity contribution in [3.63, 3.8) is 0 Å². The summed E-state index contributed by atoms with van der Waals surface area (Å²) in [7, 11) is 0. The Balaban J connectivity index is 2.24. The van der Waals surface area contributed by atoms with E-state index < -0.39 is 0 Å². The molecule has 2 heterocycles. The lowest BCUT2D eigenvalue weighted by Gasteiger charge is -2.03. The van der Waals surface area contributed by atoms with E-state index in [0.29, 0.717) is 5.88 Å². The van der Waals surface area contributed by atoms with Gasteiger partial charge < -0.3 is 10.3 Å². The zero-order valence-electron chi connectivity index (χ0n) is 9.13. The monoisotopic (exact) mass is 321 g/mol. The molecule has 0 atom stereocenters. The molecule has 0 aliphatic heterocycles. The number of rotatable bonds is 2. The van der Waals surface area contributed by atoms with Crippen LogP contribution in [0, 0.1) is 0 Å². The predicted octanol–water partition coefficient (Wildman–Crippen LogP) is 3.81. The van der Waals surface area contributed by atoms with Crippen LogP contribution in [0.15, 0.2) is 45.0 Å². The van der Waals surface area contributed by atoms with E-state index in [4.69, 9.17) is 10.3 Å². The van der Waals surface area contributed by atoms with Crippen LogP contribution in [0.5, 0.6) is 0 Å². The molecule has 0 spiro atoms. The van der Waals surface area contributed by atoms with Crippen LogP contribution in [0.25, 0.3) is 21.7 Å². The van der Waals surface area contributed by atoms with Gasteiger partial charge >= 0.3 is 0 Å². The summed E-state index contributed by atoms with van der Waals surface area (Å²) in [6, 6.07) is 7.82. The summed E-state index contributed by atoms with van der Waals surface area (Å²) in [5, 5.41) is 4.03. The van der Waals surface area contributed by atoms with E-state index in [1.807, 2.05) is 24.3 Å². The minimum Gasteiger partial charge on any atom is -0.367 e. The SMILES string of the molecule is Nc1onc(-c2cncs2)c1-c1ccccc1Br. The van der Waals surface area contributed by atoms with Crippen LogP contribution in [0.4, 0.5) is 5.88 Å². The maximum absolute atomic E-state index is 5.88. The summed E-state index contributed by atoms with van der Waals surface area (Å²) < 4.78 is 6.06. The van der Waals surface area contributed by atoms with E-state index in [0.717, 1.165) is 26.2 Å². The summed E-state index contributed by atoms with van der Waals surface area (Å²) in [6.07, 6.45) is 1.75. The molecule has 0 saturated carbocycles. The van der Waals surface area contributed by atoms with Crippen LogP contribution in [0.2, 0.25) is 0 Å². The third-order valence-electron chi connectivity index (χ3n) is 2.53. The standard InChI is InChI=1S/C12H8BrN3OS/c13-8-4-2-1-3-7(8)10-11(16-17-12(10)14)9-5-15-6-18-9/h1-6H,14H2. The summed E-state index contributed by atoms with van der Waals surface area (Å²) >= 11 is 5.01. The molecule has 6 heteroatoms. The molecule has 0 radical (unpaired) electrons. The van der Waals surface area contributed by atoms with Crippen LogP contribution >= 0.6 is 27.3 Å². The molecule has 18 heavy (non-hydrogen) atoms. The summed E-state index contributed by atoms with van der Waals surface area (Å²) in [5.41, 5.74) is 10.1. The molecular weight excluding hydrogens is 314 g/mol. The maximum atomic E-state index is 5.88. The highest BCUT2D eigenvalue weighted by molar-refractivity contribution is 9.10. The molecule has 0 amide bonds. The topological polar surface area (TPSA) is 64.9 Å². The first-order chi connectivity index (χ1) is 8.77. The lowest BCUT2D eigenvalue weighted by molar-refractivity contribution is 0.439. The first-order valence-corrected chi connectivity index (χ1v) is 6.83. The Morgan fingerprint density at radius 3 is 2.83 bits per heavy atom. The first kappa shape index (κ1) is 11.4. The molecule has 1 aromatic carbocycles. The second kappa shape index (κ2) is 4.55. The normalized spacial score (nSPS) is 10.7. The van der Waals surface area contributed by atoms with E-state index in [-0.39, 0.29) is 0 Å². The van der Waals surface area contributed by atoms with Crippen LogP contribution < -0.4 is 5.73 Å². The Morgan fingerprint density at radius 1 is 1.28 bits per heavy atom. The number of nitrogen functional groups attached to an aromatic ring is 1. The third kappa shape index (κ3) is 1.83. The van der Waals surface area contributed by atoms with Gasteiger partial charge in [0.25, 0.3) is 0 Å². The number of aromatic nitrogens is 2. The van der Waals surface area contributed by atoms with Crippen molar-refractivity contribution in [2.24, 2.45) is 0 Å². The highest BCUT2D eigenvalue weighted by Gasteiger charge is 2.19. The number of nitrogens with zero attached hydrogens (tertiary/aromatic N) is 2. The van der Waals surface area contributed by atoms with Crippen molar-refractivity contribution in [1.82, 2.24) is 10.1 Å². The maximum Gasteiger partial charge on any atom is 0.230 e.